The van der Waals surface area contributed by atoms with Crippen molar-refractivity contribution in [3.8, 4) is 5.75 Å². The Morgan fingerprint density at radius 2 is 2.05 bits per heavy atom. The molecule has 3 rings (SSSR count). The highest BCUT2D eigenvalue weighted by Gasteiger charge is 2.00. The smallest absolute Gasteiger partial charge is 0.130 e. The minimum absolute atomic E-state index is 0.431. The first-order chi connectivity index (χ1) is 9.31. The maximum atomic E-state index is 5.97. The summed E-state index contributed by atoms with van der Waals surface area (Å²) >= 11 is 5.97. The Kier molecular flexibility index (Phi) is 3.34. The quantitative estimate of drug-likeness (QED) is 0.708. The van der Waals surface area contributed by atoms with Gasteiger partial charge in [0, 0.05) is 10.4 Å². The van der Waals surface area contributed by atoms with E-state index in [4.69, 9.17) is 16.3 Å². The number of fused-ring (bicyclic) bond motifs is 1. The Hall–Kier alpha value is -2.06. The van der Waals surface area contributed by atoms with Gasteiger partial charge in [0.05, 0.1) is 11.2 Å². The van der Waals surface area contributed by atoms with Crippen LogP contribution < -0.4 is 4.74 Å². The molecule has 19 heavy (non-hydrogen) atoms. The standard InChI is InChI=1S/C16H11ClNO/c17-13-8-6-12-7-9-14(18-16(12)10-13)11-19-15-4-2-1-3-5-15/h1-2,4-10H,11H2. The second-order valence-electron chi connectivity index (χ2n) is 4.17. The van der Waals surface area contributed by atoms with Gasteiger partial charge in [-0.25, -0.2) is 4.98 Å². The maximum Gasteiger partial charge on any atom is 0.130 e. The molecule has 0 saturated carbocycles. The lowest BCUT2D eigenvalue weighted by atomic mass is 10.2. The van der Waals surface area contributed by atoms with E-state index < -0.39 is 0 Å². The summed E-state index contributed by atoms with van der Waals surface area (Å²) in [6.45, 7) is 0.431. The first kappa shape index (κ1) is 12.0. The average Bonchev–Trinajstić information content (AvgIpc) is 2.46. The highest BCUT2D eigenvalue weighted by atomic mass is 35.5. The monoisotopic (exact) mass is 268 g/mol. The van der Waals surface area contributed by atoms with Crippen molar-refractivity contribution in [2.24, 2.45) is 0 Å². The van der Waals surface area contributed by atoms with E-state index in [1.807, 2.05) is 48.5 Å². The van der Waals surface area contributed by atoms with Crippen LogP contribution in [0.25, 0.3) is 10.9 Å². The van der Waals surface area contributed by atoms with E-state index in [0.717, 1.165) is 22.3 Å². The molecule has 0 aliphatic carbocycles. The van der Waals surface area contributed by atoms with Crippen molar-refractivity contribution in [3.05, 3.63) is 71.4 Å². The minimum atomic E-state index is 0.431. The number of hydrogen-bond acceptors (Lipinski definition) is 2. The van der Waals surface area contributed by atoms with E-state index in [0.29, 0.717) is 11.6 Å². The van der Waals surface area contributed by atoms with Crippen LogP contribution in [0.2, 0.25) is 5.02 Å². The molecule has 0 unspecified atom stereocenters. The molecule has 0 fully saturated rings. The summed E-state index contributed by atoms with van der Waals surface area (Å²) in [5.74, 6) is 0.787. The molecule has 0 aliphatic heterocycles. The predicted molar refractivity (Wildman–Crippen MR) is 76.4 cm³/mol. The zero-order chi connectivity index (χ0) is 13.1. The number of aromatic nitrogens is 1. The summed E-state index contributed by atoms with van der Waals surface area (Å²) < 4.78 is 5.64. The number of ether oxygens (including phenoxy) is 1. The van der Waals surface area contributed by atoms with Crippen molar-refractivity contribution in [2.75, 3.05) is 0 Å². The van der Waals surface area contributed by atoms with Gasteiger partial charge in [0.15, 0.2) is 0 Å². The zero-order valence-corrected chi connectivity index (χ0v) is 10.9. The third-order valence-electron chi connectivity index (χ3n) is 2.78. The molecule has 0 atom stereocenters. The van der Waals surface area contributed by atoms with Gasteiger partial charge in [0.25, 0.3) is 0 Å². The Bertz CT molecular complexity index is 697. The number of hydrogen-bond donors (Lipinski definition) is 0. The van der Waals surface area contributed by atoms with Gasteiger partial charge in [-0.05, 0) is 36.4 Å². The van der Waals surface area contributed by atoms with Crippen molar-refractivity contribution in [1.82, 2.24) is 4.98 Å². The van der Waals surface area contributed by atoms with Crippen LogP contribution in [0.3, 0.4) is 0 Å². The second kappa shape index (κ2) is 5.29. The summed E-state index contributed by atoms with van der Waals surface area (Å²) in [4.78, 5) is 4.53. The Morgan fingerprint density at radius 1 is 1.16 bits per heavy atom. The number of nitrogens with zero attached hydrogens (tertiary/aromatic N) is 1. The number of benzene rings is 2. The number of rotatable bonds is 3. The van der Waals surface area contributed by atoms with Crippen LogP contribution in [0.15, 0.2) is 54.6 Å². The van der Waals surface area contributed by atoms with E-state index in [9.17, 15) is 0 Å². The highest BCUT2D eigenvalue weighted by molar-refractivity contribution is 6.31. The van der Waals surface area contributed by atoms with Crippen LogP contribution in [0, 0.1) is 6.07 Å². The minimum Gasteiger partial charge on any atom is -0.487 e. The first-order valence-corrected chi connectivity index (χ1v) is 6.33. The molecule has 0 spiro atoms. The van der Waals surface area contributed by atoms with Crippen molar-refractivity contribution >= 4 is 22.5 Å². The molecule has 0 aliphatic rings. The molecule has 0 bridgehead atoms. The molecular weight excluding hydrogens is 258 g/mol. The second-order valence-corrected chi connectivity index (χ2v) is 4.60. The fraction of sp³-hybridized carbons (Fsp3) is 0.0625. The molecule has 0 amide bonds. The average molecular weight is 269 g/mol. The largest absolute Gasteiger partial charge is 0.487 e. The molecule has 3 heteroatoms. The summed E-state index contributed by atoms with van der Waals surface area (Å²) in [6.07, 6.45) is 0. The van der Waals surface area contributed by atoms with Crippen LogP contribution in [-0.2, 0) is 6.61 Å². The maximum absolute atomic E-state index is 5.97. The number of pyridine rings is 1. The lowest BCUT2D eigenvalue weighted by Gasteiger charge is -2.06. The van der Waals surface area contributed by atoms with E-state index in [1.54, 1.807) is 6.07 Å². The summed E-state index contributed by atoms with van der Waals surface area (Å²) in [7, 11) is 0. The lowest BCUT2D eigenvalue weighted by molar-refractivity contribution is 0.302. The van der Waals surface area contributed by atoms with Crippen LogP contribution in [-0.4, -0.2) is 4.98 Å². The number of halogens is 1. The van der Waals surface area contributed by atoms with Gasteiger partial charge in [-0.1, -0.05) is 35.9 Å². The van der Waals surface area contributed by atoms with E-state index in [-0.39, 0.29) is 0 Å². The van der Waals surface area contributed by atoms with Gasteiger partial charge in [0.1, 0.15) is 12.4 Å². The Labute approximate surface area is 116 Å². The van der Waals surface area contributed by atoms with Gasteiger partial charge in [0.2, 0.25) is 0 Å². The van der Waals surface area contributed by atoms with Gasteiger partial charge in [-0.2, -0.15) is 0 Å². The van der Waals surface area contributed by atoms with E-state index >= 15 is 0 Å². The lowest BCUT2D eigenvalue weighted by Crippen LogP contribution is -1.98. The van der Waals surface area contributed by atoms with Crippen LogP contribution in [0.1, 0.15) is 5.69 Å². The normalized spacial score (nSPS) is 10.6. The molecule has 93 valence electrons. The van der Waals surface area contributed by atoms with Gasteiger partial charge in [-0.3, -0.25) is 0 Å². The predicted octanol–water partition coefficient (Wildman–Crippen LogP) is 4.27. The topological polar surface area (TPSA) is 22.1 Å². The molecule has 1 aromatic heterocycles. The van der Waals surface area contributed by atoms with Gasteiger partial charge in [-0.15, -0.1) is 0 Å². The van der Waals surface area contributed by atoms with Crippen molar-refractivity contribution < 1.29 is 4.74 Å². The molecule has 0 saturated heterocycles. The molecular formula is C16H11ClNO. The third-order valence-corrected chi connectivity index (χ3v) is 3.01. The fourth-order valence-electron chi connectivity index (χ4n) is 1.84. The SMILES string of the molecule is Clc1ccc2ccc(COc3c[c]ccc3)nc2c1. The van der Waals surface area contributed by atoms with Crippen molar-refractivity contribution in [1.29, 1.82) is 0 Å². The molecule has 1 radical (unpaired) electrons. The Morgan fingerprint density at radius 3 is 2.89 bits per heavy atom. The van der Waals surface area contributed by atoms with Crippen molar-refractivity contribution in [3.63, 3.8) is 0 Å². The van der Waals surface area contributed by atoms with E-state index in [2.05, 4.69) is 11.1 Å². The van der Waals surface area contributed by atoms with Crippen LogP contribution >= 0.6 is 11.6 Å². The summed E-state index contributed by atoms with van der Waals surface area (Å²) in [5.41, 5.74) is 1.76. The zero-order valence-electron chi connectivity index (χ0n) is 10.1. The summed E-state index contributed by atoms with van der Waals surface area (Å²) in [6, 6.07) is 20.1. The highest BCUT2D eigenvalue weighted by Crippen LogP contribution is 2.18. The first-order valence-electron chi connectivity index (χ1n) is 5.95. The van der Waals surface area contributed by atoms with Crippen molar-refractivity contribution in [2.45, 2.75) is 6.61 Å². The molecule has 2 aromatic carbocycles. The summed E-state index contributed by atoms with van der Waals surface area (Å²) in [5, 5.41) is 1.76. The Balaban J connectivity index is 1.81. The van der Waals surface area contributed by atoms with Crippen LogP contribution in [0.4, 0.5) is 0 Å². The van der Waals surface area contributed by atoms with E-state index in [1.165, 1.54) is 0 Å². The molecule has 1 heterocycles. The fourth-order valence-corrected chi connectivity index (χ4v) is 2.00. The molecule has 3 aromatic rings. The van der Waals surface area contributed by atoms with Gasteiger partial charge >= 0.3 is 0 Å². The van der Waals surface area contributed by atoms with Gasteiger partial charge < -0.3 is 4.74 Å². The third kappa shape index (κ3) is 2.85. The molecule has 0 N–H and O–H groups in total. The van der Waals surface area contributed by atoms with Crippen LogP contribution in [0.5, 0.6) is 5.75 Å². The molecule has 2 nitrogen and oxygen atoms in total.